The van der Waals surface area contributed by atoms with Crippen molar-refractivity contribution in [2.45, 2.75) is 13.0 Å². The van der Waals surface area contributed by atoms with Gasteiger partial charge in [-0.3, -0.25) is 0 Å². The first-order valence-corrected chi connectivity index (χ1v) is 6.19. The zero-order valence-electron chi connectivity index (χ0n) is 9.25. The molecule has 0 bridgehead atoms. The molecular formula is C13H13Cl2NO. The summed E-state index contributed by atoms with van der Waals surface area (Å²) in [4.78, 5) is 0. The Bertz CT molecular complexity index is 465. The molecule has 1 N–H and O–H groups in total. The van der Waals surface area contributed by atoms with Crippen molar-refractivity contribution in [1.82, 2.24) is 5.32 Å². The first-order chi connectivity index (χ1) is 8.24. The number of rotatable bonds is 5. The first kappa shape index (κ1) is 12.5. The molecule has 0 amide bonds. The Kier molecular flexibility index (Phi) is 4.49. The van der Waals surface area contributed by atoms with Gasteiger partial charge in [0.2, 0.25) is 0 Å². The van der Waals surface area contributed by atoms with Crippen LogP contribution in [0.15, 0.2) is 40.8 Å². The van der Waals surface area contributed by atoms with E-state index in [-0.39, 0.29) is 0 Å². The number of benzene rings is 1. The van der Waals surface area contributed by atoms with Crippen molar-refractivity contribution >= 4 is 23.2 Å². The van der Waals surface area contributed by atoms with Gasteiger partial charge in [0.15, 0.2) is 5.22 Å². The van der Waals surface area contributed by atoms with E-state index in [1.165, 1.54) is 5.56 Å². The SMILES string of the molecule is Clc1ccc(CCNCc2ccc(Cl)o2)cc1. The van der Waals surface area contributed by atoms with Crippen LogP contribution in [0, 0.1) is 0 Å². The minimum atomic E-state index is 0.430. The Morgan fingerprint density at radius 1 is 1.00 bits per heavy atom. The minimum Gasteiger partial charge on any atom is -0.448 e. The predicted octanol–water partition coefficient (Wildman–Crippen LogP) is 3.92. The van der Waals surface area contributed by atoms with Gasteiger partial charge < -0.3 is 9.73 Å². The number of hydrogen-bond donors (Lipinski definition) is 1. The molecule has 1 aromatic carbocycles. The molecule has 1 aromatic heterocycles. The van der Waals surface area contributed by atoms with E-state index in [9.17, 15) is 0 Å². The van der Waals surface area contributed by atoms with Crippen molar-refractivity contribution in [1.29, 1.82) is 0 Å². The third-order valence-corrected chi connectivity index (χ3v) is 2.89. The molecule has 0 aliphatic heterocycles. The van der Waals surface area contributed by atoms with Gasteiger partial charge >= 0.3 is 0 Å². The van der Waals surface area contributed by atoms with Crippen molar-refractivity contribution in [3.8, 4) is 0 Å². The van der Waals surface area contributed by atoms with Crippen LogP contribution in [0.5, 0.6) is 0 Å². The lowest BCUT2D eigenvalue weighted by molar-refractivity contribution is 0.486. The van der Waals surface area contributed by atoms with Crippen LogP contribution in [0.3, 0.4) is 0 Å². The van der Waals surface area contributed by atoms with Crippen LogP contribution in [0.2, 0.25) is 10.2 Å². The summed E-state index contributed by atoms with van der Waals surface area (Å²) in [6, 6.07) is 11.5. The molecule has 0 unspecified atom stereocenters. The molecule has 1 heterocycles. The molecular weight excluding hydrogens is 257 g/mol. The van der Waals surface area contributed by atoms with Crippen molar-refractivity contribution in [2.75, 3.05) is 6.54 Å². The average Bonchev–Trinajstić information content (AvgIpc) is 2.73. The molecule has 17 heavy (non-hydrogen) atoms. The first-order valence-electron chi connectivity index (χ1n) is 5.43. The second-order valence-electron chi connectivity index (χ2n) is 3.76. The van der Waals surface area contributed by atoms with Gasteiger partial charge in [-0.05, 0) is 54.4 Å². The Balaban J connectivity index is 1.71. The fourth-order valence-corrected chi connectivity index (χ4v) is 1.83. The van der Waals surface area contributed by atoms with E-state index in [0.29, 0.717) is 11.8 Å². The van der Waals surface area contributed by atoms with Crippen LogP contribution in [-0.2, 0) is 13.0 Å². The molecule has 0 aliphatic rings. The van der Waals surface area contributed by atoms with Gasteiger partial charge in [0.25, 0.3) is 0 Å². The fraction of sp³-hybridized carbons (Fsp3) is 0.231. The highest BCUT2D eigenvalue weighted by Gasteiger charge is 1.99. The summed E-state index contributed by atoms with van der Waals surface area (Å²) in [5.41, 5.74) is 1.26. The van der Waals surface area contributed by atoms with Crippen LogP contribution in [0.25, 0.3) is 0 Å². The molecule has 0 radical (unpaired) electrons. The largest absolute Gasteiger partial charge is 0.448 e. The molecule has 0 spiro atoms. The third-order valence-electron chi connectivity index (χ3n) is 2.43. The monoisotopic (exact) mass is 269 g/mol. The highest BCUT2D eigenvalue weighted by molar-refractivity contribution is 6.30. The van der Waals surface area contributed by atoms with Crippen LogP contribution < -0.4 is 5.32 Å². The van der Waals surface area contributed by atoms with Gasteiger partial charge in [0, 0.05) is 5.02 Å². The van der Waals surface area contributed by atoms with E-state index in [2.05, 4.69) is 5.32 Å². The Morgan fingerprint density at radius 3 is 2.41 bits per heavy atom. The highest BCUT2D eigenvalue weighted by atomic mass is 35.5. The number of furan rings is 1. The second-order valence-corrected chi connectivity index (χ2v) is 4.57. The smallest absolute Gasteiger partial charge is 0.193 e. The van der Waals surface area contributed by atoms with Gasteiger partial charge in [-0.15, -0.1) is 0 Å². The van der Waals surface area contributed by atoms with E-state index in [1.54, 1.807) is 6.07 Å². The highest BCUT2D eigenvalue weighted by Crippen LogP contribution is 2.13. The van der Waals surface area contributed by atoms with Crippen LogP contribution >= 0.6 is 23.2 Å². The summed E-state index contributed by atoms with van der Waals surface area (Å²) < 4.78 is 5.24. The van der Waals surface area contributed by atoms with Gasteiger partial charge in [-0.1, -0.05) is 23.7 Å². The molecule has 0 saturated heterocycles. The van der Waals surface area contributed by atoms with E-state index in [4.69, 9.17) is 27.6 Å². The molecule has 0 atom stereocenters. The van der Waals surface area contributed by atoms with Crippen molar-refractivity contribution in [3.63, 3.8) is 0 Å². The van der Waals surface area contributed by atoms with Gasteiger partial charge in [-0.25, -0.2) is 0 Å². The van der Waals surface area contributed by atoms with E-state index in [0.717, 1.165) is 23.7 Å². The molecule has 0 saturated carbocycles. The summed E-state index contributed by atoms with van der Waals surface area (Å²) in [7, 11) is 0. The zero-order chi connectivity index (χ0) is 12.1. The standard InChI is InChI=1S/C13H13Cl2NO/c14-11-3-1-10(2-4-11)7-8-16-9-12-5-6-13(15)17-12/h1-6,16H,7-9H2. The summed E-state index contributed by atoms with van der Waals surface area (Å²) >= 11 is 11.5. The summed E-state index contributed by atoms with van der Waals surface area (Å²) in [6.07, 6.45) is 0.964. The molecule has 90 valence electrons. The Labute approximate surface area is 111 Å². The normalized spacial score (nSPS) is 10.7. The molecule has 0 aliphatic carbocycles. The van der Waals surface area contributed by atoms with E-state index in [1.807, 2.05) is 30.3 Å². The molecule has 4 heteroatoms. The van der Waals surface area contributed by atoms with Crippen LogP contribution in [-0.4, -0.2) is 6.54 Å². The van der Waals surface area contributed by atoms with Crippen molar-refractivity contribution in [2.24, 2.45) is 0 Å². The van der Waals surface area contributed by atoms with E-state index < -0.39 is 0 Å². The average molecular weight is 270 g/mol. The maximum atomic E-state index is 5.81. The topological polar surface area (TPSA) is 25.2 Å². The lowest BCUT2D eigenvalue weighted by atomic mass is 10.1. The third kappa shape index (κ3) is 4.08. The molecule has 2 rings (SSSR count). The molecule has 0 fully saturated rings. The number of hydrogen-bond acceptors (Lipinski definition) is 2. The number of halogens is 2. The fourth-order valence-electron chi connectivity index (χ4n) is 1.54. The quantitative estimate of drug-likeness (QED) is 0.833. The number of nitrogens with one attached hydrogen (secondary N) is 1. The van der Waals surface area contributed by atoms with Gasteiger partial charge in [-0.2, -0.15) is 0 Å². The van der Waals surface area contributed by atoms with Gasteiger partial charge in [0.1, 0.15) is 5.76 Å². The summed E-state index contributed by atoms with van der Waals surface area (Å²) in [5.74, 6) is 0.853. The predicted molar refractivity (Wildman–Crippen MR) is 70.6 cm³/mol. The zero-order valence-corrected chi connectivity index (χ0v) is 10.8. The molecule has 2 nitrogen and oxygen atoms in total. The minimum absolute atomic E-state index is 0.430. The molecule has 2 aromatic rings. The lowest BCUT2D eigenvalue weighted by Crippen LogP contribution is -2.16. The lowest BCUT2D eigenvalue weighted by Gasteiger charge is -2.03. The Hall–Kier alpha value is -0.960. The van der Waals surface area contributed by atoms with Crippen molar-refractivity contribution < 1.29 is 4.42 Å². The van der Waals surface area contributed by atoms with E-state index >= 15 is 0 Å². The summed E-state index contributed by atoms with van der Waals surface area (Å²) in [5, 5.41) is 4.49. The van der Waals surface area contributed by atoms with Gasteiger partial charge in [0.05, 0.1) is 6.54 Å². The van der Waals surface area contributed by atoms with Crippen LogP contribution in [0.4, 0.5) is 0 Å². The van der Waals surface area contributed by atoms with Crippen molar-refractivity contribution in [3.05, 3.63) is 58.0 Å². The van der Waals surface area contributed by atoms with Crippen LogP contribution in [0.1, 0.15) is 11.3 Å². The summed E-state index contributed by atoms with van der Waals surface area (Å²) in [6.45, 7) is 1.58. The Morgan fingerprint density at radius 2 is 1.76 bits per heavy atom. The maximum Gasteiger partial charge on any atom is 0.193 e. The maximum absolute atomic E-state index is 5.81. The second kappa shape index (κ2) is 6.10.